The fourth-order valence-electron chi connectivity index (χ4n) is 1.98. The lowest BCUT2D eigenvalue weighted by Crippen LogP contribution is -2.41. The third-order valence-electron chi connectivity index (χ3n) is 3.03. The van der Waals surface area contributed by atoms with Crippen LogP contribution in [0.1, 0.15) is 19.4 Å². The molecule has 110 valence electrons. The first-order valence-electron chi connectivity index (χ1n) is 6.38. The molecule has 0 aromatic heterocycles. The van der Waals surface area contributed by atoms with Gasteiger partial charge in [0.15, 0.2) is 5.84 Å². The summed E-state index contributed by atoms with van der Waals surface area (Å²) in [6.45, 7) is 4.00. The van der Waals surface area contributed by atoms with Crippen molar-refractivity contribution in [2.75, 3.05) is 7.11 Å². The van der Waals surface area contributed by atoms with Gasteiger partial charge in [0.05, 0.1) is 7.11 Å². The number of nitrogens with one attached hydrogen (secondary N) is 1. The van der Waals surface area contributed by atoms with Crippen molar-refractivity contribution in [3.05, 3.63) is 29.8 Å². The van der Waals surface area contributed by atoms with Crippen LogP contribution in [0, 0.1) is 11.8 Å². The first-order valence-corrected chi connectivity index (χ1v) is 6.38. The molecule has 0 fully saturated rings. The maximum atomic E-state index is 12.1. The normalized spacial score (nSPS) is 13.1. The summed E-state index contributed by atoms with van der Waals surface area (Å²) in [5, 5.41) is 14.4. The van der Waals surface area contributed by atoms with Crippen molar-refractivity contribution >= 4 is 11.7 Å². The molecule has 1 aromatic carbocycles. The number of ether oxygens (including phenoxy) is 1. The predicted molar refractivity (Wildman–Crippen MR) is 76.6 cm³/mol. The Kier molecular flexibility index (Phi) is 5.83. The summed E-state index contributed by atoms with van der Waals surface area (Å²) in [6.07, 6.45) is 0. The summed E-state index contributed by atoms with van der Waals surface area (Å²) in [5.41, 5.74) is 6.42. The van der Waals surface area contributed by atoms with Gasteiger partial charge >= 0.3 is 0 Å². The summed E-state index contributed by atoms with van der Waals surface area (Å²) in [4.78, 5) is 12.1. The van der Waals surface area contributed by atoms with Crippen molar-refractivity contribution in [3.63, 3.8) is 0 Å². The number of amidine groups is 1. The molecule has 0 bridgehead atoms. The van der Waals surface area contributed by atoms with Gasteiger partial charge in [-0.25, -0.2) is 0 Å². The Balaban J connectivity index is 2.75. The molecule has 0 saturated heterocycles. The molecule has 1 aromatic rings. The van der Waals surface area contributed by atoms with Crippen LogP contribution in [0.4, 0.5) is 0 Å². The quantitative estimate of drug-likeness (QED) is 0.317. The smallest absolute Gasteiger partial charge is 0.231 e. The largest absolute Gasteiger partial charge is 0.496 e. The van der Waals surface area contributed by atoms with Gasteiger partial charge in [-0.15, -0.1) is 0 Å². The molecule has 1 unspecified atom stereocenters. The van der Waals surface area contributed by atoms with E-state index in [1.165, 1.54) is 0 Å². The van der Waals surface area contributed by atoms with Crippen molar-refractivity contribution < 1.29 is 14.7 Å². The highest BCUT2D eigenvalue weighted by atomic mass is 16.5. The number of nitrogens with two attached hydrogens (primary N) is 1. The van der Waals surface area contributed by atoms with Gasteiger partial charge in [-0.3, -0.25) is 4.79 Å². The lowest BCUT2D eigenvalue weighted by atomic mass is 9.94. The molecular weight excluding hydrogens is 258 g/mol. The van der Waals surface area contributed by atoms with Gasteiger partial charge in [0.1, 0.15) is 11.7 Å². The second kappa shape index (κ2) is 7.37. The molecule has 0 radical (unpaired) electrons. The summed E-state index contributed by atoms with van der Waals surface area (Å²) in [7, 11) is 1.58. The van der Waals surface area contributed by atoms with Crippen LogP contribution >= 0.6 is 0 Å². The van der Waals surface area contributed by atoms with Crippen LogP contribution in [0.3, 0.4) is 0 Å². The Morgan fingerprint density at radius 1 is 1.45 bits per heavy atom. The van der Waals surface area contributed by atoms with E-state index in [1.807, 2.05) is 38.1 Å². The molecule has 20 heavy (non-hydrogen) atoms. The molecule has 0 aliphatic carbocycles. The molecule has 1 atom stereocenters. The molecule has 1 amide bonds. The zero-order valence-electron chi connectivity index (χ0n) is 12.0. The summed E-state index contributed by atoms with van der Waals surface area (Å²) in [5.74, 6) is -0.380. The molecule has 1 rings (SSSR count). The number of carbonyl (C=O) groups excluding carboxylic acids is 1. The van der Waals surface area contributed by atoms with E-state index in [1.54, 1.807) is 7.11 Å². The van der Waals surface area contributed by atoms with Crippen LogP contribution in [0.5, 0.6) is 5.75 Å². The average molecular weight is 279 g/mol. The summed E-state index contributed by atoms with van der Waals surface area (Å²) >= 11 is 0. The van der Waals surface area contributed by atoms with Gasteiger partial charge in [-0.2, -0.15) is 0 Å². The number of amides is 1. The fourth-order valence-corrected chi connectivity index (χ4v) is 1.98. The van der Waals surface area contributed by atoms with E-state index in [2.05, 4.69) is 10.5 Å². The van der Waals surface area contributed by atoms with Gasteiger partial charge in [-0.1, -0.05) is 37.2 Å². The number of hydrogen-bond donors (Lipinski definition) is 3. The van der Waals surface area contributed by atoms with Crippen LogP contribution < -0.4 is 15.8 Å². The van der Waals surface area contributed by atoms with E-state index in [-0.39, 0.29) is 17.7 Å². The van der Waals surface area contributed by atoms with Crippen molar-refractivity contribution in [1.29, 1.82) is 0 Å². The van der Waals surface area contributed by atoms with E-state index in [0.717, 1.165) is 5.56 Å². The number of benzene rings is 1. The Morgan fingerprint density at radius 3 is 2.65 bits per heavy atom. The third-order valence-corrected chi connectivity index (χ3v) is 3.03. The maximum Gasteiger partial charge on any atom is 0.231 e. The monoisotopic (exact) mass is 279 g/mol. The van der Waals surface area contributed by atoms with Crippen LogP contribution in [0.25, 0.3) is 0 Å². The van der Waals surface area contributed by atoms with E-state index in [4.69, 9.17) is 15.7 Å². The molecule has 6 nitrogen and oxygen atoms in total. The number of rotatable bonds is 6. The minimum Gasteiger partial charge on any atom is -0.496 e. The second-order valence-corrected chi connectivity index (χ2v) is 4.78. The molecule has 0 saturated carbocycles. The Hall–Kier alpha value is -2.24. The molecule has 4 N–H and O–H groups in total. The molecule has 0 aliphatic rings. The van der Waals surface area contributed by atoms with Gasteiger partial charge in [0.25, 0.3) is 0 Å². The number of methoxy groups -OCH3 is 1. The standard InChI is InChI=1S/C14H21N3O3/c1-9(2)12(13(15)17-19)14(18)16-8-10-6-4-5-7-11(10)20-3/h4-7,9,12,19H,8H2,1-3H3,(H2,15,17)(H,16,18). The zero-order valence-corrected chi connectivity index (χ0v) is 12.0. The van der Waals surface area contributed by atoms with Gasteiger partial charge < -0.3 is 21.0 Å². The van der Waals surface area contributed by atoms with Crippen molar-refractivity contribution in [2.24, 2.45) is 22.7 Å². The molecule has 6 heteroatoms. The predicted octanol–water partition coefficient (Wildman–Crippen LogP) is 1.33. The van der Waals surface area contributed by atoms with Crippen LogP contribution in [-0.4, -0.2) is 24.1 Å². The fraction of sp³-hybridized carbons (Fsp3) is 0.429. The van der Waals surface area contributed by atoms with Crippen molar-refractivity contribution in [2.45, 2.75) is 20.4 Å². The van der Waals surface area contributed by atoms with E-state index >= 15 is 0 Å². The second-order valence-electron chi connectivity index (χ2n) is 4.78. The zero-order chi connectivity index (χ0) is 15.1. The number of nitrogens with zero attached hydrogens (tertiary/aromatic N) is 1. The number of oxime groups is 1. The summed E-state index contributed by atoms with van der Waals surface area (Å²) < 4.78 is 5.21. The maximum absolute atomic E-state index is 12.1. The minimum absolute atomic E-state index is 0.0661. The first-order chi connectivity index (χ1) is 9.51. The molecule has 0 spiro atoms. The number of para-hydroxylation sites is 1. The molecule has 0 heterocycles. The lowest BCUT2D eigenvalue weighted by molar-refractivity contribution is -0.124. The Bertz CT molecular complexity index is 486. The van der Waals surface area contributed by atoms with E-state index in [0.29, 0.717) is 12.3 Å². The molecular formula is C14H21N3O3. The average Bonchev–Trinajstić information content (AvgIpc) is 2.44. The van der Waals surface area contributed by atoms with Crippen LogP contribution in [0.2, 0.25) is 0 Å². The SMILES string of the molecule is COc1ccccc1CNC(=O)C(C(N)=NO)C(C)C. The number of hydrogen-bond acceptors (Lipinski definition) is 4. The Labute approximate surface area is 118 Å². The topological polar surface area (TPSA) is 96.9 Å². The van der Waals surface area contributed by atoms with E-state index < -0.39 is 5.92 Å². The van der Waals surface area contributed by atoms with Gasteiger partial charge in [0.2, 0.25) is 5.91 Å². The highest BCUT2D eigenvalue weighted by molar-refractivity contribution is 6.02. The first kappa shape index (κ1) is 15.8. The van der Waals surface area contributed by atoms with Crippen LogP contribution in [-0.2, 0) is 11.3 Å². The van der Waals surface area contributed by atoms with Crippen LogP contribution in [0.15, 0.2) is 29.4 Å². The minimum atomic E-state index is -0.658. The lowest BCUT2D eigenvalue weighted by Gasteiger charge is -2.19. The molecule has 0 aliphatic heterocycles. The highest BCUT2D eigenvalue weighted by Crippen LogP contribution is 2.17. The van der Waals surface area contributed by atoms with Crippen molar-refractivity contribution in [1.82, 2.24) is 5.32 Å². The Morgan fingerprint density at radius 2 is 2.10 bits per heavy atom. The summed E-state index contributed by atoms with van der Waals surface area (Å²) in [6, 6.07) is 7.42. The van der Waals surface area contributed by atoms with Crippen molar-refractivity contribution in [3.8, 4) is 5.75 Å². The third kappa shape index (κ3) is 3.88. The van der Waals surface area contributed by atoms with Gasteiger partial charge in [0, 0.05) is 12.1 Å². The van der Waals surface area contributed by atoms with Gasteiger partial charge in [-0.05, 0) is 12.0 Å². The number of carbonyl (C=O) groups is 1. The highest BCUT2D eigenvalue weighted by Gasteiger charge is 2.26. The van der Waals surface area contributed by atoms with E-state index in [9.17, 15) is 4.79 Å².